The number of anilines is 1. The number of sulfone groups is 1. The number of aryl methyl sites for hydroxylation is 1. The van der Waals surface area contributed by atoms with E-state index in [0.29, 0.717) is 12.4 Å². The lowest BCUT2D eigenvalue weighted by molar-refractivity contribution is 0.223. The standard InChI is InChI=1S/C17H23N3O3S/c1-13-7-8-15(23-13)14(20-10-3-4-11-20)12-19-17-16(24(2,21)22)6-5-9-18-17/h5-9,14H,3-4,10-12H2,1-2H3,(H,18,19). The molecular weight excluding hydrogens is 326 g/mol. The molecule has 3 rings (SSSR count). The predicted molar refractivity (Wildman–Crippen MR) is 92.8 cm³/mol. The zero-order chi connectivity index (χ0) is 17.2. The predicted octanol–water partition coefficient (Wildman–Crippen LogP) is 2.64. The first-order chi connectivity index (χ1) is 11.4. The molecule has 0 saturated carbocycles. The van der Waals surface area contributed by atoms with Crippen molar-refractivity contribution in [3.05, 3.63) is 42.0 Å². The second-order valence-electron chi connectivity index (χ2n) is 6.21. The zero-order valence-corrected chi connectivity index (χ0v) is 14.8. The summed E-state index contributed by atoms with van der Waals surface area (Å²) < 4.78 is 29.7. The van der Waals surface area contributed by atoms with Crippen LogP contribution in [0.2, 0.25) is 0 Å². The van der Waals surface area contributed by atoms with Crippen LogP contribution in [0.1, 0.15) is 30.4 Å². The van der Waals surface area contributed by atoms with E-state index in [4.69, 9.17) is 4.42 Å². The average molecular weight is 349 g/mol. The van der Waals surface area contributed by atoms with Gasteiger partial charge in [0.25, 0.3) is 0 Å². The van der Waals surface area contributed by atoms with E-state index in [-0.39, 0.29) is 10.9 Å². The molecule has 130 valence electrons. The number of aromatic nitrogens is 1. The lowest BCUT2D eigenvalue weighted by atomic mass is 10.2. The van der Waals surface area contributed by atoms with Crippen molar-refractivity contribution in [1.29, 1.82) is 0 Å². The zero-order valence-electron chi connectivity index (χ0n) is 14.0. The Hall–Kier alpha value is -1.86. The van der Waals surface area contributed by atoms with Crippen LogP contribution < -0.4 is 5.32 Å². The van der Waals surface area contributed by atoms with E-state index < -0.39 is 9.84 Å². The Kier molecular flexibility index (Phi) is 4.91. The van der Waals surface area contributed by atoms with E-state index in [1.807, 2.05) is 19.1 Å². The number of pyridine rings is 1. The third kappa shape index (κ3) is 3.79. The second kappa shape index (κ2) is 6.94. The molecule has 1 unspecified atom stereocenters. The molecule has 2 aromatic heterocycles. The van der Waals surface area contributed by atoms with Gasteiger partial charge in [-0.25, -0.2) is 13.4 Å². The summed E-state index contributed by atoms with van der Waals surface area (Å²) in [6.07, 6.45) is 5.14. The first kappa shape index (κ1) is 17.0. The van der Waals surface area contributed by atoms with Crippen LogP contribution in [0, 0.1) is 6.92 Å². The van der Waals surface area contributed by atoms with Crippen molar-refractivity contribution in [3.63, 3.8) is 0 Å². The molecular formula is C17H23N3O3S. The summed E-state index contributed by atoms with van der Waals surface area (Å²) in [6, 6.07) is 7.23. The largest absolute Gasteiger partial charge is 0.465 e. The van der Waals surface area contributed by atoms with Crippen molar-refractivity contribution in [2.45, 2.75) is 30.7 Å². The molecule has 0 aliphatic carbocycles. The Morgan fingerprint density at radius 3 is 2.67 bits per heavy atom. The molecule has 1 aliphatic heterocycles. The molecule has 1 atom stereocenters. The number of hydrogen-bond donors (Lipinski definition) is 1. The van der Waals surface area contributed by atoms with Gasteiger partial charge in [-0.05, 0) is 57.1 Å². The summed E-state index contributed by atoms with van der Waals surface area (Å²) in [7, 11) is -3.32. The van der Waals surface area contributed by atoms with Gasteiger partial charge in [-0.2, -0.15) is 0 Å². The Balaban J connectivity index is 1.82. The quantitative estimate of drug-likeness (QED) is 0.864. The van der Waals surface area contributed by atoms with Gasteiger partial charge in [-0.3, -0.25) is 4.90 Å². The van der Waals surface area contributed by atoms with E-state index in [9.17, 15) is 8.42 Å². The van der Waals surface area contributed by atoms with Crippen molar-refractivity contribution < 1.29 is 12.8 Å². The maximum Gasteiger partial charge on any atom is 0.179 e. The number of nitrogens with one attached hydrogen (secondary N) is 1. The molecule has 0 spiro atoms. The molecule has 0 bridgehead atoms. The molecule has 1 N–H and O–H groups in total. The molecule has 2 aromatic rings. The Labute approximate surface area is 142 Å². The third-order valence-electron chi connectivity index (χ3n) is 4.30. The molecule has 0 aromatic carbocycles. The maximum atomic E-state index is 11.9. The van der Waals surface area contributed by atoms with Gasteiger partial charge >= 0.3 is 0 Å². The van der Waals surface area contributed by atoms with Crippen LogP contribution in [-0.2, 0) is 9.84 Å². The molecule has 0 amide bonds. The molecule has 1 fully saturated rings. The summed E-state index contributed by atoms with van der Waals surface area (Å²) in [6.45, 7) is 4.52. The monoisotopic (exact) mass is 349 g/mol. The van der Waals surface area contributed by atoms with Gasteiger partial charge in [0.05, 0.1) is 6.04 Å². The van der Waals surface area contributed by atoms with Crippen molar-refractivity contribution in [3.8, 4) is 0 Å². The van der Waals surface area contributed by atoms with Gasteiger partial charge in [0, 0.05) is 19.0 Å². The van der Waals surface area contributed by atoms with Crippen LogP contribution in [-0.4, -0.2) is 44.2 Å². The highest BCUT2D eigenvalue weighted by Crippen LogP contribution is 2.28. The lowest BCUT2D eigenvalue weighted by Crippen LogP contribution is -2.31. The molecule has 1 aliphatic rings. The van der Waals surface area contributed by atoms with Gasteiger partial charge in [0.15, 0.2) is 9.84 Å². The Bertz CT molecular complexity index is 795. The molecule has 24 heavy (non-hydrogen) atoms. The average Bonchev–Trinajstić information content (AvgIpc) is 3.19. The lowest BCUT2D eigenvalue weighted by Gasteiger charge is -2.26. The first-order valence-corrected chi connectivity index (χ1v) is 10.0. The van der Waals surface area contributed by atoms with E-state index in [0.717, 1.165) is 24.6 Å². The van der Waals surface area contributed by atoms with Gasteiger partial charge in [-0.15, -0.1) is 0 Å². The number of hydrogen-bond acceptors (Lipinski definition) is 6. The van der Waals surface area contributed by atoms with Crippen LogP contribution in [0.4, 0.5) is 5.82 Å². The van der Waals surface area contributed by atoms with E-state index >= 15 is 0 Å². The number of rotatable bonds is 6. The maximum absolute atomic E-state index is 11.9. The summed E-state index contributed by atoms with van der Waals surface area (Å²) in [4.78, 5) is 6.80. The molecule has 3 heterocycles. The minimum atomic E-state index is -3.32. The summed E-state index contributed by atoms with van der Waals surface area (Å²) >= 11 is 0. The van der Waals surface area contributed by atoms with Gasteiger partial charge in [0.2, 0.25) is 0 Å². The highest BCUT2D eigenvalue weighted by molar-refractivity contribution is 7.90. The molecule has 6 nitrogen and oxygen atoms in total. The first-order valence-electron chi connectivity index (χ1n) is 8.14. The Morgan fingerprint density at radius 1 is 1.29 bits per heavy atom. The highest BCUT2D eigenvalue weighted by atomic mass is 32.2. The van der Waals surface area contributed by atoms with Crippen LogP contribution >= 0.6 is 0 Å². The Morgan fingerprint density at radius 2 is 2.04 bits per heavy atom. The van der Waals surface area contributed by atoms with Crippen LogP contribution in [0.3, 0.4) is 0 Å². The third-order valence-corrected chi connectivity index (χ3v) is 5.43. The molecule has 7 heteroatoms. The van der Waals surface area contributed by atoms with Crippen molar-refractivity contribution in [1.82, 2.24) is 9.88 Å². The van der Waals surface area contributed by atoms with Gasteiger partial charge < -0.3 is 9.73 Å². The van der Waals surface area contributed by atoms with Crippen LogP contribution in [0.15, 0.2) is 39.8 Å². The fourth-order valence-electron chi connectivity index (χ4n) is 3.11. The van der Waals surface area contributed by atoms with Gasteiger partial charge in [-0.1, -0.05) is 0 Å². The van der Waals surface area contributed by atoms with Crippen molar-refractivity contribution in [2.24, 2.45) is 0 Å². The number of likely N-dealkylation sites (tertiary alicyclic amines) is 1. The van der Waals surface area contributed by atoms with Crippen molar-refractivity contribution >= 4 is 15.7 Å². The molecule has 1 saturated heterocycles. The SMILES string of the molecule is Cc1ccc(C(CNc2ncccc2S(C)(=O)=O)N2CCCC2)o1. The summed E-state index contributed by atoms with van der Waals surface area (Å²) in [5.41, 5.74) is 0. The fourth-order valence-corrected chi connectivity index (χ4v) is 3.91. The van der Waals surface area contributed by atoms with E-state index in [1.165, 1.54) is 19.1 Å². The van der Waals surface area contributed by atoms with Crippen molar-refractivity contribution in [2.75, 3.05) is 31.2 Å². The van der Waals surface area contributed by atoms with Crippen LogP contribution in [0.25, 0.3) is 0 Å². The number of furan rings is 1. The highest BCUT2D eigenvalue weighted by Gasteiger charge is 2.26. The summed E-state index contributed by atoms with van der Waals surface area (Å²) in [5.74, 6) is 2.18. The topological polar surface area (TPSA) is 75.4 Å². The minimum Gasteiger partial charge on any atom is -0.465 e. The second-order valence-corrected chi connectivity index (χ2v) is 8.19. The van der Waals surface area contributed by atoms with Crippen LogP contribution in [0.5, 0.6) is 0 Å². The smallest absolute Gasteiger partial charge is 0.179 e. The van der Waals surface area contributed by atoms with E-state index in [1.54, 1.807) is 18.3 Å². The molecule has 0 radical (unpaired) electrons. The van der Waals surface area contributed by atoms with E-state index in [2.05, 4.69) is 15.2 Å². The minimum absolute atomic E-state index is 0.0654. The normalized spacial score (nSPS) is 17.1. The summed E-state index contributed by atoms with van der Waals surface area (Å²) in [5, 5.41) is 3.21. The fraction of sp³-hybridized carbons (Fsp3) is 0.471. The number of nitrogens with zero attached hydrogens (tertiary/aromatic N) is 2. The van der Waals surface area contributed by atoms with Gasteiger partial charge in [0.1, 0.15) is 22.2 Å².